The summed E-state index contributed by atoms with van der Waals surface area (Å²) in [5.41, 5.74) is 0.719. The Kier molecular flexibility index (Phi) is 3.94. The van der Waals surface area contributed by atoms with Crippen LogP contribution in [0.2, 0.25) is 0 Å². The topological polar surface area (TPSA) is 42.4 Å². The number of rotatable bonds is 3. The number of pyridine rings is 1. The van der Waals surface area contributed by atoms with E-state index in [1.165, 1.54) is 13.2 Å². The smallest absolute Gasteiger partial charge is 0.433 e. The standard InChI is InChI=1S/C14H12F3NO2/c1-20-11-4-2-10(8-19)12(6-11)9-3-5-13(18-7-9)14(15,16)17/h2-7,19H,8H2,1H3. The molecule has 2 aromatic rings. The molecule has 1 heterocycles. The number of aromatic nitrogens is 1. The molecule has 1 aromatic heterocycles. The number of aliphatic hydroxyl groups is 1. The molecule has 3 nitrogen and oxygen atoms in total. The Morgan fingerprint density at radius 2 is 1.95 bits per heavy atom. The Bertz CT molecular complexity index is 594. The molecule has 20 heavy (non-hydrogen) atoms. The lowest BCUT2D eigenvalue weighted by Gasteiger charge is -2.11. The zero-order valence-corrected chi connectivity index (χ0v) is 10.6. The Balaban J connectivity index is 2.45. The van der Waals surface area contributed by atoms with Crippen LogP contribution in [0, 0.1) is 0 Å². The number of nitrogens with zero attached hydrogens (tertiary/aromatic N) is 1. The third kappa shape index (κ3) is 2.91. The van der Waals surface area contributed by atoms with Crippen LogP contribution in [-0.4, -0.2) is 17.2 Å². The Labute approximate surface area is 113 Å². The van der Waals surface area contributed by atoms with Crippen LogP contribution >= 0.6 is 0 Å². The monoisotopic (exact) mass is 283 g/mol. The van der Waals surface area contributed by atoms with Gasteiger partial charge in [0.2, 0.25) is 0 Å². The first kappa shape index (κ1) is 14.3. The van der Waals surface area contributed by atoms with Crippen molar-refractivity contribution in [3.8, 4) is 16.9 Å². The molecule has 2 rings (SSSR count). The van der Waals surface area contributed by atoms with Gasteiger partial charge in [-0.05, 0) is 29.3 Å². The number of methoxy groups -OCH3 is 1. The average molecular weight is 283 g/mol. The minimum Gasteiger partial charge on any atom is -0.497 e. The Morgan fingerprint density at radius 3 is 2.45 bits per heavy atom. The van der Waals surface area contributed by atoms with Gasteiger partial charge in [0.1, 0.15) is 11.4 Å². The van der Waals surface area contributed by atoms with Crippen LogP contribution in [0.5, 0.6) is 5.75 Å². The number of hydrogen-bond acceptors (Lipinski definition) is 3. The van der Waals surface area contributed by atoms with Crippen LogP contribution in [0.1, 0.15) is 11.3 Å². The van der Waals surface area contributed by atoms with Gasteiger partial charge in [-0.15, -0.1) is 0 Å². The number of hydrogen-bond donors (Lipinski definition) is 1. The summed E-state index contributed by atoms with van der Waals surface area (Å²) in [4.78, 5) is 3.41. The Hall–Kier alpha value is -2.08. The van der Waals surface area contributed by atoms with E-state index in [1.807, 2.05) is 0 Å². The largest absolute Gasteiger partial charge is 0.497 e. The first-order valence-corrected chi connectivity index (χ1v) is 5.77. The van der Waals surface area contributed by atoms with E-state index >= 15 is 0 Å². The van der Waals surface area contributed by atoms with Crippen molar-refractivity contribution >= 4 is 0 Å². The van der Waals surface area contributed by atoms with Crippen LogP contribution in [0.4, 0.5) is 13.2 Å². The van der Waals surface area contributed by atoms with Crippen molar-refractivity contribution in [3.05, 3.63) is 47.8 Å². The highest BCUT2D eigenvalue weighted by Crippen LogP contribution is 2.31. The zero-order valence-electron chi connectivity index (χ0n) is 10.6. The summed E-state index contributed by atoms with van der Waals surface area (Å²) in [6.45, 7) is -0.222. The van der Waals surface area contributed by atoms with Crippen molar-refractivity contribution in [2.24, 2.45) is 0 Å². The third-order valence-electron chi connectivity index (χ3n) is 2.85. The molecular weight excluding hydrogens is 271 g/mol. The van der Waals surface area contributed by atoms with Crippen LogP contribution in [0.3, 0.4) is 0 Å². The van der Waals surface area contributed by atoms with Gasteiger partial charge in [-0.3, -0.25) is 4.98 Å². The molecule has 0 saturated heterocycles. The molecule has 0 bridgehead atoms. The minimum absolute atomic E-state index is 0.222. The molecule has 1 aromatic carbocycles. The second-order valence-electron chi connectivity index (χ2n) is 4.11. The summed E-state index contributed by atoms with van der Waals surface area (Å²) in [6, 6.07) is 7.22. The predicted molar refractivity (Wildman–Crippen MR) is 67.1 cm³/mol. The van der Waals surface area contributed by atoms with Crippen molar-refractivity contribution in [1.29, 1.82) is 0 Å². The molecule has 0 spiro atoms. The summed E-state index contributed by atoms with van der Waals surface area (Å²) in [7, 11) is 1.49. The van der Waals surface area contributed by atoms with E-state index in [4.69, 9.17) is 4.74 Å². The molecule has 0 fully saturated rings. The quantitative estimate of drug-likeness (QED) is 0.940. The minimum atomic E-state index is -4.47. The molecule has 0 aliphatic carbocycles. The van der Waals surface area contributed by atoms with E-state index in [2.05, 4.69) is 4.98 Å². The molecular formula is C14H12F3NO2. The molecule has 0 unspecified atom stereocenters. The lowest BCUT2D eigenvalue weighted by atomic mass is 10.0. The maximum atomic E-state index is 12.5. The fourth-order valence-electron chi connectivity index (χ4n) is 1.81. The van der Waals surface area contributed by atoms with Gasteiger partial charge in [-0.1, -0.05) is 12.1 Å². The van der Waals surface area contributed by atoms with Crippen molar-refractivity contribution in [3.63, 3.8) is 0 Å². The number of ether oxygens (including phenoxy) is 1. The second-order valence-corrected chi connectivity index (χ2v) is 4.11. The van der Waals surface area contributed by atoms with Gasteiger partial charge in [-0.2, -0.15) is 13.2 Å². The lowest BCUT2D eigenvalue weighted by molar-refractivity contribution is -0.141. The van der Waals surface area contributed by atoms with E-state index in [1.54, 1.807) is 18.2 Å². The molecule has 0 radical (unpaired) electrons. The normalized spacial score (nSPS) is 11.4. The van der Waals surface area contributed by atoms with Crippen molar-refractivity contribution in [2.75, 3.05) is 7.11 Å². The van der Waals surface area contributed by atoms with Gasteiger partial charge >= 0.3 is 6.18 Å². The number of benzene rings is 1. The summed E-state index contributed by atoms with van der Waals surface area (Å²) in [5.74, 6) is 0.553. The van der Waals surface area contributed by atoms with Crippen LogP contribution in [0.15, 0.2) is 36.5 Å². The predicted octanol–water partition coefficient (Wildman–Crippen LogP) is 3.27. The highest BCUT2D eigenvalue weighted by Gasteiger charge is 2.32. The van der Waals surface area contributed by atoms with Gasteiger partial charge in [-0.25, -0.2) is 0 Å². The maximum absolute atomic E-state index is 12.5. The molecule has 0 saturated carbocycles. The molecule has 0 amide bonds. The third-order valence-corrected chi connectivity index (χ3v) is 2.85. The molecule has 6 heteroatoms. The summed E-state index contributed by atoms with van der Waals surface area (Å²) in [6.07, 6.45) is -3.33. The number of alkyl halides is 3. The van der Waals surface area contributed by atoms with Gasteiger partial charge < -0.3 is 9.84 Å². The number of halogens is 3. The van der Waals surface area contributed by atoms with E-state index in [9.17, 15) is 18.3 Å². The van der Waals surface area contributed by atoms with Gasteiger partial charge in [0.25, 0.3) is 0 Å². The van der Waals surface area contributed by atoms with E-state index in [0.717, 1.165) is 12.3 Å². The Morgan fingerprint density at radius 1 is 1.20 bits per heavy atom. The highest BCUT2D eigenvalue weighted by molar-refractivity contribution is 5.68. The molecule has 106 valence electrons. The van der Waals surface area contributed by atoms with Gasteiger partial charge in [0, 0.05) is 11.8 Å². The van der Waals surface area contributed by atoms with Gasteiger partial charge in [0.05, 0.1) is 13.7 Å². The second kappa shape index (κ2) is 5.50. The highest BCUT2D eigenvalue weighted by atomic mass is 19.4. The molecule has 1 N–H and O–H groups in total. The SMILES string of the molecule is COc1ccc(CO)c(-c2ccc(C(F)(F)F)nc2)c1. The first-order chi connectivity index (χ1) is 9.45. The molecule has 0 atom stereocenters. The fraction of sp³-hybridized carbons (Fsp3) is 0.214. The fourth-order valence-corrected chi connectivity index (χ4v) is 1.81. The maximum Gasteiger partial charge on any atom is 0.433 e. The lowest BCUT2D eigenvalue weighted by Crippen LogP contribution is -2.07. The zero-order chi connectivity index (χ0) is 14.8. The summed E-state index contributed by atoms with van der Waals surface area (Å²) >= 11 is 0. The van der Waals surface area contributed by atoms with E-state index in [0.29, 0.717) is 22.4 Å². The van der Waals surface area contributed by atoms with Crippen molar-refractivity contribution in [2.45, 2.75) is 12.8 Å². The van der Waals surface area contributed by atoms with Gasteiger partial charge in [0.15, 0.2) is 0 Å². The van der Waals surface area contributed by atoms with Crippen molar-refractivity contribution < 1.29 is 23.0 Å². The van der Waals surface area contributed by atoms with Crippen LogP contribution < -0.4 is 4.74 Å². The summed E-state index contributed by atoms with van der Waals surface area (Å²) in [5, 5.41) is 9.29. The van der Waals surface area contributed by atoms with E-state index in [-0.39, 0.29) is 6.61 Å². The van der Waals surface area contributed by atoms with Crippen LogP contribution in [-0.2, 0) is 12.8 Å². The summed E-state index contributed by atoms with van der Waals surface area (Å²) < 4.78 is 42.5. The molecule has 0 aliphatic heterocycles. The van der Waals surface area contributed by atoms with Crippen LogP contribution in [0.25, 0.3) is 11.1 Å². The van der Waals surface area contributed by atoms with Crippen molar-refractivity contribution in [1.82, 2.24) is 4.98 Å². The number of aliphatic hydroxyl groups excluding tert-OH is 1. The average Bonchev–Trinajstić information content (AvgIpc) is 2.45. The molecule has 0 aliphatic rings. The van der Waals surface area contributed by atoms with E-state index < -0.39 is 11.9 Å². The first-order valence-electron chi connectivity index (χ1n) is 5.77.